The number of halogens is 1. The Kier molecular flexibility index (Phi) is 5.82. The van der Waals surface area contributed by atoms with Gasteiger partial charge in [0, 0.05) is 6.54 Å². The number of carboxylic acid groups (broad SMARTS) is 1. The van der Waals surface area contributed by atoms with Crippen LogP contribution in [0.1, 0.15) is 20.3 Å². The summed E-state index contributed by atoms with van der Waals surface area (Å²) < 4.78 is 5.27. The predicted molar refractivity (Wildman–Crippen MR) is 76.0 cm³/mol. The van der Waals surface area contributed by atoms with E-state index in [0.717, 1.165) is 0 Å². The van der Waals surface area contributed by atoms with Crippen molar-refractivity contribution < 1.29 is 19.4 Å². The van der Waals surface area contributed by atoms with Crippen molar-refractivity contribution in [3.63, 3.8) is 0 Å². The largest absolute Gasteiger partial charge is 0.482 e. The van der Waals surface area contributed by atoms with Crippen LogP contribution in [-0.4, -0.2) is 30.1 Å². The zero-order valence-electron chi connectivity index (χ0n) is 11.5. The maximum absolute atomic E-state index is 11.6. The molecule has 1 amide bonds. The van der Waals surface area contributed by atoms with Crippen molar-refractivity contribution in [2.75, 3.05) is 13.2 Å². The molecular formula is C14H18ClNO4. The number of hydrogen-bond acceptors (Lipinski definition) is 3. The Hall–Kier alpha value is -1.75. The molecule has 1 unspecified atom stereocenters. The topological polar surface area (TPSA) is 75.6 Å². The summed E-state index contributed by atoms with van der Waals surface area (Å²) >= 11 is 5.89. The van der Waals surface area contributed by atoms with Gasteiger partial charge in [0.1, 0.15) is 5.75 Å². The van der Waals surface area contributed by atoms with E-state index < -0.39 is 11.4 Å². The quantitative estimate of drug-likeness (QED) is 0.810. The lowest BCUT2D eigenvalue weighted by atomic mass is 9.88. The molecule has 0 aliphatic heterocycles. The molecule has 0 saturated carbocycles. The average molecular weight is 300 g/mol. The van der Waals surface area contributed by atoms with Crippen LogP contribution in [0.5, 0.6) is 5.75 Å². The van der Waals surface area contributed by atoms with E-state index >= 15 is 0 Å². The zero-order valence-corrected chi connectivity index (χ0v) is 12.2. The normalized spacial score (nSPS) is 13.3. The number of carbonyl (C=O) groups is 2. The lowest BCUT2D eigenvalue weighted by molar-refractivity contribution is -0.148. The molecular weight excluding hydrogens is 282 g/mol. The molecule has 0 radical (unpaired) electrons. The maximum atomic E-state index is 11.6. The second-order valence-corrected chi connectivity index (χ2v) is 5.12. The van der Waals surface area contributed by atoms with Crippen LogP contribution in [0.15, 0.2) is 24.3 Å². The minimum Gasteiger partial charge on any atom is -0.482 e. The first-order chi connectivity index (χ1) is 9.39. The van der Waals surface area contributed by atoms with E-state index in [1.54, 1.807) is 38.1 Å². The predicted octanol–water partition coefficient (Wildman–Crippen LogP) is 2.34. The lowest BCUT2D eigenvalue weighted by Gasteiger charge is -2.23. The van der Waals surface area contributed by atoms with E-state index in [0.29, 0.717) is 17.2 Å². The number of benzene rings is 1. The van der Waals surface area contributed by atoms with Crippen molar-refractivity contribution in [3.05, 3.63) is 29.3 Å². The summed E-state index contributed by atoms with van der Waals surface area (Å²) in [5, 5.41) is 12.1. The average Bonchev–Trinajstić information content (AvgIpc) is 2.43. The van der Waals surface area contributed by atoms with E-state index in [2.05, 4.69) is 5.32 Å². The minimum absolute atomic E-state index is 0.0591. The first kappa shape index (κ1) is 16.3. The van der Waals surface area contributed by atoms with E-state index in [-0.39, 0.29) is 19.1 Å². The van der Waals surface area contributed by atoms with Crippen molar-refractivity contribution in [1.29, 1.82) is 0 Å². The molecule has 20 heavy (non-hydrogen) atoms. The fourth-order valence-corrected chi connectivity index (χ4v) is 1.59. The third kappa shape index (κ3) is 4.42. The summed E-state index contributed by atoms with van der Waals surface area (Å²) in [6.07, 6.45) is 0.425. The summed E-state index contributed by atoms with van der Waals surface area (Å²) in [6, 6.07) is 6.82. The Morgan fingerprint density at radius 3 is 2.60 bits per heavy atom. The number of ether oxygens (including phenoxy) is 1. The summed E-state index contributed by atoms with van der Waals surface area (Å²) in [5.41, 5.74) is -0.972. The van der Waals surface area contributed by atoms with Gasteiger partial charge in [0.2, 0.25) is 0 Å². The fraction of sp³-hybridized carbons (Fsp3) is 0.429. The smallest absolute Gasteiger partial charge is 0.311 e. The van der Waals surface area contributed by atoms with Crippen LogP contribution in [0.4, 0.5) is 0 Å². The molecule has 0 aromatic heterocycles. The van der Waals surface area contributed by atoms with Gasteiger partial charge in [0.25, 0.3) is 5.91 Å². The molecule has 0 aliphatic carbocycles. The Balaban J connectivity index is 2.45. The first-order valence-corrected chi connectivity index (χ1v) is 6.64. The van der Waals surface area contributed by atoms with Crippen LogP contribution < -0.4 is 10.1 Å². The Labute approximate surface area is 122 Å². The number of aliphatic carboxylic acids is 1. The fourth-order valence-electron chi connectivity index (χ4n) is 1.40. The van der Waals surface area contributed by atoms with Crippen LogP contribution in [-0.2, 0) is 9.59 Å². The van der Waals surface area contributed by atoms with Gasteiger partial charge in [-0.1, -0.05) is 30.7 Å². The van der Waals surface area contributed by atoms with Crippen LogP contribution >= 0.6 is 11.6 Å². The molecule has 1 aromatic carbocycles. The highest BCUT2D eigenvalue weighted by atomic mass is 35.5. The molecule has 0 heterocycles. The van der Waals surface area contributed by atoms with Gasteiger partial charge < -0.3 is 15.2 Å². The number of rotatable bonds is 7. The van der Waals surface area contributed by atoms with Gasteiger partial charge in [-0.2, -0.15) is 0 Å². The summed E-state index contributed by atoms with van der Waals surface area (Å²) in [6.45, 7) is 3.21. The highest BCUT2D eigenvalue weighted by molar-refractivity contribution is 6.32. The van der Waals surface area contributed by atoms with Gasteiger partial charge >= 0.3 is 5.97 Å². The van der Waals surface area contributed by atoms with Gasteiger partial charge in [-0.25, -0.2) is 0 Å². The van der Waals surface area contributed by atoms with Gasteiger partial charge in [-0.3, -0.25) is 9.59 Å². The van der Waals surface area contributed by atoms with Crippen molar-refractivity contribution in [3.8, 4) is 5.75 Å². The Morgan fingerprint density at radius 1 is 1.40 bits per heavy atom. The first-order valence-electron chi connectivity index (χ1n) is 6.26. The highest BCUT2D eigenvalue weighted by Crippen LogP contribution is 2.23. The molecule has 0 aliphatic rings. The number of carbonyl (C=O) groups excluding carboxylic acids is 1. The summed E-state index contributed by atoms with van der Waals surface area (Å²) in [5.74, 6) is -0.904. The molecule has 110 valence electrons. The number of carboxylic acids is 1. The molecule has 1 atom stereocenters. The SMILES string of the molecule is CCC(C)(CNC(=O)COc1ccccc1Cl)C(=O)O. The Morgan fingerprint density at radius 2 is 2.05 bits per heavy atom. The molecule has 0 saturated heterocycles. The molecule has 5 nitrogen and oxygen atoms in total. The number of para-hydroxylation sites is 1. The third-order valence-electron chi connectivity index (χ3n) is 3.17. The molecule has 6 heteroatoms. The van der Waals surface area contributed by atoms with Gasteiger partial charge in [0.15, 0.2) is 6.61 Å². The molecule has 0 bridgehead atoms. The second kappa shape index (κ2) is 7.14. The molecule has 0 fully saturated rings. The van der Waals surface area contributed by atoms with Crippen molar-refractivity contribution in [2.45, 2.75) is 20.3 Å². The van der Waals surface area contributed by atoms with E-state index in [1.165, 1.54) is 0 Å². The van der Waals surface area contributed by atoms with Gasteiger partial charge in [0.05, 0.1) is 10.4 Å². The molecule has 2 N–H and O–H groups in total. The zero-order chi connectivity index (χ0) is 15.2. The standard InChI is InChI=1S/C14H18ClNO4/c1-3-14(2,13(18)19)9-16-12(17)8-20-11-7-5-4-6-10(11)15/h4-7H,3,8-9H2,1-2H3,(H,16,17)(H,18,19). The summed E-state index contributed by atoms with van der Waals surface area (Å²) in [7, 11) is 0. The maximum Gasteiger partial charge on any atom is 0.311 e. The molecule has 1 rings (SSSR count). The monoisotopic (exact) mass is 299 g/mol. The van der Waals surface area contributed by atoms with E-state index in [1.807, 2.05) is 0 Å². The number of nitrogens with one attached hydrogen (secondary N) is 1. The van der Waals surface area contributed by atoms with Crippen molar-refractivity contribution in [2.24, 2.45) is 5.41 Å². The van der Waals surface area contributed by atoms with Crippen LogP contribution in [0.3, 0.4) is 0 Å². The van der Waals surface area contributed by atoms with Gasteiger partial charge in [-0.15, -0.1) is 0 Å². The van der Waals surface area contributed by atoms with Crippen molar-refractivity contribution >= 4 is 23.5 Å². The third-order valence-corrected chi connectivity index (χ3v) is 3.48. The summed E-state index contributed by atoms with van der Waals surface area (Å²) in [4.78, 5) is 22.7. The van der Waals surface area contributed by atoms with Gasteiger partial charge in [-0.05, 0) is 25.5 Å². The van der Waals surface area contributed by atoms with Crippen LogP contribution in [0.2, 0.25) is 5.02 Å². The number of hydrogen-bond donors (Lipinski definition) is 2. The van der Waals surface area contributed by atoms with Crippen LogP contribution in [0, 0.1) is 5.41 Å². The molecule has 0 spiro atoms. The Bertz CT molecular complexity index is 492. The van der Waals surface area contributed by atoms with E-state index in [4.69, 9.17) is 21.4 Å². The second-order valence-electron chi connectivity index (χ2n) is 4.72. The van der Waals surface area contributed by atoms with Crippen LogP contribution in [0.25, 0.3) is 0 Å². The lowest BCUT2D eigenvalue weighted by Crippen LogP contribution is -2.42. The highest BCUT2D eigenvalue weighted by Gasteiger charge is 2.31. The molecule has 1 aromatic rings. The van der Waals surface area contributed by atoms with Crippen molar-refractivity contribution in [1.82, 2.24) is 5.32 Å². The minimum atomic E-state index is -0.972. The number of amides is 1. The van der Waals surface area contributed by atoms with E-state index in [9.17, 15) is 9.59 Å².